The van der Waals surface area contributed by atoms with Crippen LogP contribution in [0.1, 0.15) is 25.7 Å². The Morgan fingerprint density at radius 1 is 1.18 bits per heavy atom. The second-order valence-corrected chi connectivity index (χ2v) is 6.39. The van der Waals surface area contributed by atoms with Gasteiger partial charge in [0, 0.05) is 30.8 Å². The van der Waals surface area contributed by atoms with E-state index in [4.69, 9.17) is 25.6 Å². The Balaban J connectivity index is 1.63. The van der Waals surface area contributed by atoms with Crippen LogP contribution in [0.3, 0.4) is 0 Å². The lowest BCUT2D eigenvalue weighted by Gasteiger charge is -2.10. The summed E-state index contributed by atoms with van der Waals surface area (Å²) in [6.07, 6.45) is 2.23. The van der Waals surface area contributed by atoms with E-state index in [0.717, 1.165) is 25.0 Å². The number of aromatic nitrogens is 2. The molecule has 0 fully saturated rings. The number of unbranched alkanes of at least 4 members (excludes halogenated alkanes) is 1. The molecular formula is C19H28ClN5O3. The van der Waals surface area contributed by atoms with E-state index in [2.05, 4.69) is 32.7 Å². The predicted octanol–water partition coefficient (Wildman–Crippen LogP) is 2.89. The Hall–Kier alpha value is -2.16. The van der Waals surface area contributed by atoms with Crippen LogP contribution in [0.25, 0.3) is 11.4 Å². The maximum Gasteiger partial charge on any atom is 0.246 e. The fourth-order valence-electron chi connectivity index (χ4n) is 2.26. The number of nitrogens with one attached hydrogen (secondary N) is 2. The lowest BCUT2D eigenvalue weighted by Crippen LogP contribution is -2.38. The van der Waals surface area contributed by atoms with Gasteiger partial charge < -0.3 is 24.6 Å². The second-order valence-electron chi connectivity index (χ2n) is 5.95. The molecule has 0 aliphatic carbocycles. The van der Waals surface area contributed by atoms with Gasteiger partial charge in [-0.2, -0.15) is 4.98 Å². The fourth-order valence-corrected chi connectivity index (χ4v) is 2.45. The van der Waals surface area contributed by atoms with Crippen molar-refractivity contribution < 1.29 is 14.0 Å². The minimum atomic E-state index is 0.360. The number of ether oxygens (including phenoxy) is 2. The van der Waals surface area contributed by atoms with Crippen LogP contribution in [0.15, 0.2) is 33.8 Å². The monoisotopic (exact) mass is 409 g/mol. The average molecular weight is 410 g/mol. The average Bonchev–Trinajstić information content (AvgIpc) is 3.18. The first-order chi connectivity index (χ1) is 13.7. The third-order valence-corrected chi connectivity index (χ3v) is 3.97. The van der Waals surface area contributed by atoms with Gasteiger partial charge in [0.05, 0.1) is 26.4 Å². The summed E-state index contributed by atoms with van der Waals surface area (Å²) in [7, 11) is 1.70. The lowest BCUT2D eigenvalue weighted by molar-refractivity contribution is 0.0487. The van der Waals surface area contributed by atoms with Crippen LogP contribution in [0.4, 0.5) is 0 Å². The van der Waals surface area contributed by atoms with E-state index in [-0.39, 0.29) is 0 Å². The molecule has 154 valence electrons. The number of guanidine groups is 1. The molecule has 0 amide bonds. The summed E-state index contributed by atoms with van der Waals surface area (Å²) in [6, 6.07) is 7.31. The molecule has 2 rings (SSSR count). The maximum atomic E-state index is 5.99. The van der Waals surface area contributed by atoms with Crippen molar-refractivity contribution >= 4 is 17.6 Å². The summed E-state index contributed by atoms with van der Waals surface area (Å²) >= 11 is 5.99. The van der Waals surface area contributed by atoms with Crippen LogP contribution < -0.4 is 10.6 Å². The van der Waals surface area contributed by atoms with Crippen molar-refractivity contribution in [2.24, 2.45) is 4.99 Å². The topological polar surface area (TPSA) is 93.8 Å². The van der Waals surface area contributed by atoms with Gasteiger partial charge in [-0.05, 0) is 18.6 Å². The quantitative estimate of drug-likeness (QED) is 0.316. The molecular weight excluding hydrogens is 382 g/mol. The van der Waals surface area contributed by atoms with Crippen LogP contribution in [0.2, 0.25) is 5.02 Å². The van der Waals surface area contributed by atoms with E-state index in [9.17, 15) is 0 Å². The zero-order valence-electron chi connectivity index (χ0n) is 16.4. The smallest absolute Gasteiger partial charge is 0.246 e. The van der Waals surface area contributed by atoms with E-state index < -0.39 is 0 Å². The Bertz CT molecular complexity index is 723. The normalized spacial score (nSPS) is 11.6. The van der Waals surface area contributed by atoms with Crippen molar-refractivity contribution in [2.75, 3.05) is 40.0 Å². The van der Waals surface area contributed by atoms with Crippen molar-refractivity contribution in [3.8, 4) is 11.4 Å². The van der Waals surface area contributed by atoms with Crippen LogP contribution in [0, 0.1) is 0 Å². The summed E-state index contributed by atoms with van der Waals surface area (Å²) in [5.74, 6) is 1.58. The first-order valence-electron chi connectivity index (χ1n) is 9.41. The highest BCUT2D eigenvalue weighted by Crippen LogP contribution is 2.19. The molecule has 2 aromatic rings. The first-order valence-corrected chi connectivity index (χ1v) is 9.79. The molecule has 0 saturated heterocycles. The van der Waals surface area contributed by atoms with Crippen molar-refractivity contribution in [2.45, 2.75) is 26.3 Å². The number of hydrogen-bond donors (Lipinski definition) is 2. The summed E-state index contributed by atoms with van der Waals surface area (Å²) in [5.41, 5.74) is 0.806. The number of aliphatic imine (C=N–C) groups is 1. The standard InChI is InChI=1S/C19H28ClN5O3/c1-3-4-9-26-11-12-27-10-8-22-19(21-2)23-14-17-24-18(25-28-17)15-6-5-7-16(20)13-15/h5-7,13H,3-4,8-12,14H2,1-2H3,(H2,21,22,23). The molecule has 0 saturated carbocycles. The molecule has 1 aromatic carbocycles. The molecule has 0 atom stereocenters. The van der Waals surface area contributed by atoms with Crippen LogP contribution in [-0.4, -0.2) is 56.1 Å². The molecule has 1 aromatic heterocycles. The van der Waals surface area contributed by atoms with Crippen molar-refractivity contribution in [1.82, 2.24) is 20.8 Å². The van der Waals surface area contributed by atoms with Gasteiger partial charge in [-0.3, -0.25) is 4.99 Å². The molecule has 0 spiro atoms. The van der Waals surface area contributed by atoms with Crippen LogP contribution in [0.5, 0.6) is 0 Å². The van der Waals surface area contributed by atoms with Gasteiger partial charge in [-0.1, -0.05) is 42.2 Å². The molecule has 0 unspecified atom stereocenters. The molecule has 0 radical (unpaired) electrons. The molecule has 28 heavy (non-hydrogen) atoms. The largest absolute Gasteiger partial charge is 0.379 e. The first kappa shape index (κ1) is 22.1. The molecule has 0 aliphatic heterocycles. The SMILES string of the molecule is CCCCOCCOCCNC(=NC)NCc1nc(-c2cccc(Cl)c2)no1. The van der Waals surface area contributed by atoms with Gasteiger partial charge in [0.2, 0.25) is 11.7 Å². The lowest BCUT2D eigenvalue weighted by atomic mass is 10.2. The van der Waals surface area contributed by atoms with E-state index in [1.54, 1.807) is 19.2 Å². The number of rotatable bonds is 12. The Labute approximate surface area is 170 Å². The van der Waals surface area contributed by atoms with Gasteiger partial charge in [0.15, 0.2) is 5.96 Å². The molecule has 1 heterocycles. The van der Waals surface area contributed by atoms with Gasteiger partial charge >= 0.3 is 0 Å². The van der Waals surface area contributed by atoms with Crippen molar-refractivity contribution in [3.63, 3.8) is 0 Å². The van der Waals surface area contributed by atoms with Crippen molar-refractivity contribution in [1.29, 1.82) is 0 Å². The Morgan fingerprint density at radius 3 is 2.75 bits per heavy atom. The fraction of sp³-hybridized carbons (Fsp3) is 0.526. The zero-order chi connectivity index (χ0) is 20.0. The number of nitrogens with zero attached hydrogens (tertiary/aromatic N) is 3. The van der Waals surface area contributed by atoms with Crippen LogP contribution in [-0.2, 0) is 16.0 Å². The minimum absolute atomic E-state index is 0.360. The summed E-state index contributed by atoms with van der Waals surface area (Å²) in [4.78, 5) is 8.51. The zero-order valence-corrected chi connectivity index (χ0v) is 17.2. The number of halogens is 1. The molecule has 0 bridgehead atoms. The Morgan fingerprint density at radius 2 is 2.00 bits per heavy atom. The second kappa shape index (κ2) is 13.1. The highest BCUT2D eigenvalue weighted by Gasteiger charge is 2.09. The number of hydrogen-bond acceptors (Lipinski definition) is 6. The van der Waals surface area contributed by atoms with Crippen molar-refractivity contribution in [3.05, 3.63) is 35.2 Å². The summed E-state index contributed by atoms with van der Waals surface area (Å²) < 4.78 is 16.2. The minimum Gasteiger partial charge on any atom is -0.379 e. The maximum absolute atomic E-state index is 5.99. The van der Waals surface area contributed by atoms with E-state index in [1.165, 1.54) is 0 Å². The number of benzene rings is 1. The van der Waals surface area contributed by atoms with Gasteiger partial charge in [-0.25, -0.2) is 0 Å². The molecule has 0 aliphatic rings. The van der Waals surface area contributed by atoms with E-state index in [1.807, 2.05) is 12.1 Å². The molecule has 9 heteroatoms. The molecule has 2 N–H and O–H groups in total. The Kier molecular flexibility index (Phi) is 10.3. The third-order valence-electron chi connectivity index (χ3n) is 3.73. The summed E-state index contributed by atoms with van der Waals surface area (Å²) in [6.45, 7) is 5.71. The van der Waals surface area contributed by atoms with Gasteiger partial charge in [0.1, 0.15) is 0 Å². The van der Waals surface area contributed by atoms with Crippen LogP contribution >= 0.6 is 11.6 Å². The third kappa shape index (κ3) is 8.24. The highest BCUT2D eigenvalue weighted by atomic mass is 35.5. The van der Waals surface area contributed by atoms with Gasteiger partial charge in [0.25, 0.3) is 0 Å². The van der Waals surface area contributed by atoms with Gasteiger partial charge in [-0.15, -0.1) is 0 Å². The van der Waals surface area contributed by atoms with E-state index in [0.29, 0.717) is 55.6 Å². The van der Waals surface area contributed by atoms with E-state index >= 15 is 0 Å². The predicted molar refractivity (Wildman–Crippen MR) is 109 cm³/mol. The highest BCUT2D eigenvalue weighted by molar-refractivity contribution is 6.30. The molecule has 8 nitrogen and oxygen atoms in total. The summed E-state index contributed by atoms with van der Waals surface area (Å²) in [5, 5.41) is 10.9.